The van der Waals surface area contributed by atoms with Gasteiger partial charge in [-0.25, -0.2) is 4.68 Å². The largest absolute Gasteiger partial charge is 0.269 e. The molecule has 1 aromatic rings. The molecule has 0 unspecified atom stereocenters. The fourth-order valence-electron chi connectivity index (χ4n) is 0.853. The van der Waals surface area contributed by atoms with Gasteiger partial charge in [-0.1, -0.05) is 25.4 Å². The van der Waals surface area contributed by atoms with E-state index >= 15 is 0 Å². The van der Waals surface area contributed by atoms with Crippen LogP contribution in [-0.4, -0.2) is 9.78 Å². The molecule has 1 heterocycles. The Morgan fingerprint density at radius 2 is 2.07 bits per heavy atom. The number of nitrogens with zero attached hydrogens (tertiary/aromatic N) is 3. The first-order valence-corrected chi connectivity index (χ1v) is 5.02. The summed E-state index contributed by atoms with van der Waals surface area (Å²) in [4.78, 5) is 11.3. The van der Waals surface area contributed by atoms with Gasteiger partial charge in [0.05, 0.1) is 17.3 Å². The Kier molecular flexibility index (Phi) is 5.03. The van der Waals surface area contributed by atoms with Crippen LogP contribution in [0.1, 0.15) is 27.7 Å². The first-order chi connectivity index (χ1) is 6.97. The van der Waals surface area contributed by atoms with E-state index in [1.165, 1.54) is 12.3 Å². The fourth-order valence-corrected chi connectivity index (χ4v) is 0.990. The first kappa shape index (κ1) is 13.7. The van der Waals surface area contributed by atoms with Crippen LogP contribution in [0, 0.1) is 11.3 Å². The number of rotatable bonds is 1. The molecule has 0 amide bonds. The predicted molar refractivity (Wildman–Crippen MR) is 59.8 cm³/mol. The van der Waals surface area contributed by atoms with Crippen LogP contribution in [0.3, 0.4) is 0 Å². The van der Waals surface area contributed by atoms with E-state index in [2.05, 4.69) is 5.10 Å². The molecule has 0 N–H and O–H groups in total. The van der Waals surface area contributed by atoms with Crippen molar-refractivity contribution in [1.82, 2.24) is 9.78 Å². The second-order valence-corrected chi connectivity index (χ2v) is 3.53. The molecule has 82 valence electrons. The lowest BCUT2D eigenvalue weighted by molar-refractivity contribution is 0.397. The monoisotopic (exact) mass is 227 g/mol. The second-order valence-electron chi connectivity index (χ2n) is 3.09. The third-order valence-electron chi connectivity index (χ3n) is 1.57. The average Bonchev–Trinajstić information content (AvgIpc) is 2.20. The fraction of sp³-hybridized carbons (Fsp3) is 0.500. The maximum absolute atomic E-state index is 11.3. The molecule has 1 rings (SSSR count). The van der Waals surface area contributed by atoms with E-state index in [1.807, 2.05) is 19.9 Å². The van der Waals surface area contributed by atoms with Crippen molar-refractivity contribution in [3.63, 3.8) is 0 Å². The highest BCUT2D eigenvalue weighted by molar-refractivity contribution is 6.30. The second kappa shape index (κ2) is 5.52. The minimum absolute atomic E-state index is 0.273. The molecule has 0 saturated heterocycles. The number of hydrogen-bond donors (Lipinski definition) is 0. The summed E-state index contributed by atoms with van der Waals surface area (Å²) in [5, 5.41) is 12.8. The van der Waals surface area contributed by atoms with Crippen LogP contribution in [-0.2, 0) is 5.54 Å². The van der Waals surface area contributed by atoms with Crippen molar-refractivity contribution < 1.29 is 0 Å². The molecule has 0 atom stereocenters. The van der Waals surface area contributed by atoms with Crippen LogP contribution in [0.2, 0.25) is 5.02 Å². The smallest absolute Gasteiger partial charge is 0.268 e. The predicted octanol–water partition coefficient (Wildman–Crippen LogP) is 2.18. The van der Waals surface area contributed by atoms with Gasteiger partial charge in [-0.05, 0) is 13.8 Å². The van der Waals surface area contributed by atoms with Gasteiger partial charge in [-0.2, -0.15) is 10.4 Å². The minimum atomic E-state index is -0.943. The Morgan fingerprint density at radius 3 is 2.47 bits per heavy atom. The minimum Gasteiger partial charge on any atom is -0.268 e. The molecule has 0 aliphatic heterocycles. The summed E-state index contributed by atoms with van der Waals surface area (Å²) in [7, 11) is 0. The Hall–Kier alpha value is -1.34. The Balaban J connectivity index is 0.000000921. The van der Waals surface area contributed by atoms with Gasteiger partial charge in [0.1, 0.15) is 5.54 Å². The lowest BCUT2D eigenvalue weighted by Gasteiger charge is -2.16. The summed E-state index contributed by atoms with van der Waals surface area (Å²) in [6.07, 6.45) is 1.34. The van der Waals surface area contributed by atoms with E-state index in [1.54, 1.807) is 13.8 Å². The van der Waals surface area contributed by atoms with Gasteiger partial charge in [0.2, 0.25) is 0 Å². The van der Waals surface area contributed by atoms with Crippen LogP contribution in [0.25, 0.3) is 0 Å². The Labute approximate surface area is 94.1 Å². The van der Waals surface area contributed by atoms with Crippen molar-refractivity contribution >= 4 is 11.6 Å². The number of halogens is 1. The molecule has 0 fully saturated rings. The SMILES string of the molecule is CC.CC(C)(C#N)n1ncc(Cl)cc1=O. The average molecular weight is 228 g/mol. The van der Waals surface area contributed by atoms with Gasteiger partial charge in [-0.3, -0.25) is 4.79 Å². The van der Waals surface area contributed by atoms with Gasteiger partial charge in [0.15, 0.2) is 0 Å². The molecule has 15 heavy (non-hydrogen) atoms. The highest BCUT2D eigenvalue weighted by Gasteiger charge is 2.21. The molecule has 0 aliphatic carbocycles. The number of aromatic nitrogens is 2. The number of nitriles is 1. The lowest BCUT2D eigenvalue weighted by Crippen LogP contribution is -2.36. The van der Waals surface area contributed by atoms with Crippen LogP contribution in [0.5, 0.6) is 0 Å². The number of hydrogen-bond acceptors (Lipinski definition) is 3. The van der Waals surface area contributed by atoms with Crippen LogP contribution in [0.4, 0.5) is 0 Å². The zero-order valence-corrected chi connectivity index (χ0v) is 10.0. The van der Waals surface area contributed by atoms with Gasteiger partial charge < -0.3 is 0 Å². The van der Waals surface area contributed by atoms with E-state index in [9.17, 15) is 4.79 Å². The summed E-state index contributed by atoms with van der Waals surface area (Å²) < 4.78 is 1.10. The van der Waals surface area contributed by atoms with Gasteiger partial charge in [0.25, 0.3) is 5.56 Å². The molecule has 4 nitrogen and oxygen atoms in total. The summed E-state index contributed by atoms with van der Waals surface area (Å²) in [6.45, 7) is 7.21. The van der Waals surface area contributed by atoms with E-state index in [4.69, 9.17) is 16.9 Å². The third kappa shape index (κ3) is 3.37. The van der Waals surface area contributed by atoms with Gasteiger partial charge in [0, 0.05) is 6.07 Å². The van der Waals surface area contributed by atoms with Crippen molar-refractivity contribution in [3.8, 4) is 6.07 Å². The van der Waals surface area contributed by atoms with Gasteiger partial charge in [-0.15, -0.1) is 0 Å². The molecule has 0 aromatic carbocycles. The van der Waals surface area contributed by atoms with Crippen molar-refractivity contribution in [2.45, 2.75) is 33.2 Å². The standard InChI is InChI=1S/C8H8ClN3O.C2H6/c1-8(2,5-10)12-7(13)3-6(9)4-11-12;1-2/h3-4H,1-2H3;1-2H3. The molecule has 0 bridgehead atoms. The molecular formula is C10H14ClN3O. The van der Waals surface area contributed by atoms with Crippen molar-refractivity contribution in [3.05, 3.63) is 27.6 Å². The van der Waals surface area contributed by atoms with E-state index in [0.29, 0.717) is 0 Å². The van der Waals surface area contributed by atoms with E-state index in [-0.39, 0.29) is 10.6 Å². The molecule has 5 heteroatoms. The highest BCUT2D eigenvalue weighted by Crippen LogP contribution is 2.09. The van der Waals surface area contributed by atoms with Crippen molar-refractivity contribution in [2.75, 3.05) is 0 Å². The molecule has 0 aliphatic rings. The maximum Gasteiger partial charge on any atom is 0.269 e. The molecule has 0 radical (unpaired) electrons. The summed E-state index contributed by atoms with van der Waals surface area (Å²) in [5.41, 5.74) is -1.32. The Morgan fingerprint density at radius 1 is 1.53 bits per heavy atom. The first-order valence-electron chi connectivity index (χ1n) is 4.64. The van der Waals surface area contributed by atoms with Crippen molar-refractivity contribution in [1.29, 1.82) is 5.26 Å². The zero-order valence-electron chi connectivity index (χ0n) is 9.28. The van der Waals surface area contributed by atoms with E-state index < -0.39 is 5.54 Å². The maximum atomic E-state index is 11.3. The zero-order chi connectivity index (χ0) is 12.1. The van der Waals surface area contributed by atoms with E-state index in [0.717, 1.165) is 4.68 Å². The quantitative estimate of drug-likeness (QED) is 0.739. The highest BCUT2D eigenvalue weighted by atomic mass is 35.5. The molecular weight excluding hydrogens is 214 g/mol. The summed E-state index contributed by atoms with van der Waals surface area (Å²) in [6, 6.07) is 3.21. The molecule has 1 aromatic heterocycles. The summed E-state index contributed by atoms with van der Waals surface area (Å²) in [5.74, 6) is 0. The van der Waals surface area contributed by atoms with Crippen molar-refractivity contribution in [2.24, 2.45) is 0 Å². The molecule has 0 saturated carbocycles. The normalized spacial score (nSPS) is 9.87. The summed E-state index contributed by atoms with van der Waals surface area (Å²) >= 11 is 5.55. The Bertz CT molecular complexity index is 417. The van der Waals surface area contributed by atoms with Gasteiger partial charge >= 0.3 is 0 Å². The van der Waals surface area contributed by atoms with Crippen LogP contribution in [0.15, 0.2) is 17.1 Å². The lowest BCUT2D eigenvalue weighted by atomic mass is 10.1. The third-order valence-corrected chi connectivity index (χ3v) is 1.78. The molecule has 0 spiro atoms. The van der Waals surface area contributed by atoms with Crippen LogP contribution >= 0.6 is 11.6 Å². The topological polar surface area (TPSA) is 58.7 Å². The van der Waals surface area contributed by atoms with Crippen LogP contribution < -0.4 is 5.56 Å².